The van der Waals surface area contributed by atoms with E-state index in [9.17, 15) is 0 Å². The number of rotatable bonds is 0. The van der Waals surface area contributed by atoms with E-state index in [-0.39, 0.29) is 24.8 Å². The Kier molecular flexibility index (Phi) is 7.22. The Morgan fingerprint density at radius 3 is 1.85 bits per heavy atom. The molecule has 1 aliphatic rings. The Morgan fingerprint density at radius 1 is 1.23 bits per heavy atom. The van der Waals surface area contributed by atoms with Gasteiger partial charge in [0, 0.05) is 0 Å². The summed E-state index contributed by atoms with van der Waals surface area (Å²) in [6.45, 7) is 9.14. The van der Waals surface area contributed by atoms with Gasteiger partial charge in [-0.3, -0.25) is 0 Å². The fraction of sp³-hybridized carbons (Fsp3) is 0.600. The molecule has 0 aliphatic heterocycles. The Balaban J connectivity index is 0. The van der Waals surface area contributed by atoms with Gasteiger partial charge in [-0.1, -0.05) is 0 Å². The summed E-state index contributed by atoms with van der Waals surface area (Å²) in [5.41, 5.74) is 1.91. The maximum absolute atomic E-state index is 2.31. The van der Waals surface area contributed by atoms with E-state index >= 15 is 0 Å². The average Bonchev–Trinajstić information content (AvgIpc) is 2.11. The summed E-state index contributed by atoms with van der Waals surface area (Å²) in [4.78, 5) is 0. The van der Waals surface area contributed by atoms with Crippen LogP contribution in [0.3, 0.4) is 0 Å². The van der Waals surface area contributed by atoms with Crippen LogP contribution in [0.2, 0.25) is 0 Å². The van der Waals surface area contributed by atoms with Crippen molar-refractivity contribution in [3.8, 4) is 0 Å². The van der Waals surface area contributed by atoms with E-state index in [1.807, 2.05) is 0 Å². The van der Waals surface area contributed by atoms with Crippen molar-refractivity contribution in [2.24, 2.45) is 11.3 Å². The van der Waals surface area contributed by atoms with Crippen LogP contribution in [-0.4, -0.2) is 0 Å². The van der Waals surface area contributed by atoms with E-state index in [0.29, 0.717) is 11.3 Å². The van der Waals surface area contributed by atoms with Crippen molar-refractivity contribution >= 4 is 24.8 Å². The van der Waals surface area contributed by atoms with Gasteiger partial charge in [-0.15, -0.1) is 24.8 Å². The predicted octanol–water partition coefficient (Wildman–Crippen LogP) is 3.88. The molecule has 0 N–H and O–H groups in total. The standard InChI is InChI=1S/C10H15.2ClH.Zr/c1-8-5-6-9(7-8)10(2,3)4;;;/h5-6,8H,1-4H3;2*1H;. The molecule has 0 heterocycles. The largest absolute Gasteiger partial charge is 0.147 e. The first kappa shape index (κ1) is 16.4. The van der Waals surface area contributed by atoms with Crippen LogP contribution in [0, 0.1) is 11.3 Å². The van der Waals surface area contributed by atoms with Crippen molar-refractivity contribution in [1.29, 1.82) is 0 Å². The first-order chi connectivity index (χ1) is 4.93. The molecule has 1 atom stereocenters. The first-order valence-electron chi connectivity index (χ1n) is 4.07. The topological polar surface area (TPSA) is 0 Å². The number of halogens is 2. The van der Waals surface area contributed by atoms with E-state index in [4.69, 9.17) is 0 Å². The van der Waals surface area contributed by atoms with Crippen molar-refractivity contribution in [2.75, 3.05) is 0 Å². The maximum atomic E-state index is 2.31. The minimum Gasteiger partial charge on any atom is -0.147 e. The zero-order chi connectivity index (χ0) is 8.65. The average molecular weight is 299 g/mol. The second-order valence-corrected chi connectivity index (χ2v) is 5.55. The van der Waals surface area contributed by atoms with E-state index < -0.39 is 0 Å². The third-order valence-electron chi connectivity index (χ3n) is 2.11. The van der Waals surface area contributed by atoms with Crippen LogP contribution in [0.5, 0.6) is 0 Å². The molecule has 0 amide bonds. The molecule has 0 bridgehead atoms. The predicted molar refractivity (Wildman–Crippen MR) is 59.3 cm³/mol. The van der Waals surface area contributed by atoms with E-state index in [2.05, 4.69) is 39.8 Å². The van der Waals surface area contributed by atoms with Crippen LogP contribution in [0.15, 0.2) is 21.0 Å². The molecule has 0 nitrogen and oxygen atoms in total. The monoisotopic (exact) mass is 297 g/mol. The quantitative estimate of drug-likeness (QED) is 0.637. The van der Waals surface area contributed by atoms with Crippen LogP contribution >= 0.6 is 24.8 Å². The minimum atomic E-state index is 0. The van der Waals surface area contributed by atoms with Gasteiger partial charge in [0.15, 0.2) is 0 Å². The molecular formula is C10H17Cl2Zr. The fourth-order valence-electron chi connectivity index (χ4n) is 1.33. The molecule has 0 saturated heterocycles. The Morgan fingerprint density at radius 2 is 1.69 bits per heavy atom. The summed E-state index contributed by atoms with van der Waals surface area (Å²) in [5.74, 6) is 0.697. The van der Waals surface area contributed by atoms with Gasteiger partial charge in [-0.25, -0.2) is 0 Å². The smallest absolute Gasteiger partial charge is 0.147 e. The van der Waals surface area contributed by atoms with Gasteiger partial charge in [-0.2, -0.15) is 0 Å². The van der Waals surface area contributed by atoms with Crippen LogP contribution in [0.25, 0.3) is 0 Å². The van der Waals surface area contributed by atoms with Crippen LogP contribution in [0.1, 0.15) is 27.7 Å². The van der Waals surface area contributed by atoms with E-state index in [1.165, 1.54) is 0 Å². The number of hydrogen-bond acceptors (Lipinski definition) is 0. The first-order valence-corrected chi connectivity index (χ1v) is 5.30. The van der Waals surface area contributed by atoms with E-state index in [0.717, 1.165) is 0 Å². The van der Waals surface area contributed by atoms with Crippen LogP contribution < -0.4 is 0 Å². The molecular weight excluding hydrogens is 282 g/mol. The summed E-state index contributed by atoms with van der Waals surface area (Å²) in [6, 6.07) is 0. The molecule has 1 rings (SSSR count). The second kappa shape index (κ2) is 5.73. The normalized spacial score (nSPS) is 21.0. The zero-order valence-electron chi connectivity index (χ0n) is 8.55. The summed E-state index contributed by atoms with van der Waals surface area (Å²) in [6.07, 6.45) is 4.61. The maximum Gasteiger partial charge on any atom is -0.147 e. The molecule has 0 aromatic rings. The number of hydrogen-bond donors (Lipinski definition) is 0. The third kappa shape index (κ3) is 3.90. The van der Waals surface area contributed by atoms with Gasteiger partial charge in [0.05, 0.1) is 0 Å². The Hall–Kier alpha value is 0.943. The molecule has 0 radical (unpaired) electrons. The SMILES string of the molecule is CC1C=CC(C(C)(C)C)=[C]1[Zr].Cl.Cl. The molecule has 0 spiro atoms. The summed E-state index contributed by atoms with van der Waals surface area (Å²) in [7, 11) is 0. The molecule has 1 unspecified atom stereocenters. The van der Waals surface area contributed by atoms with Gasteiger partial charge in [0.25, 0.3) is 0 Å². The molecule has 0 aromatic heterocycles. The summed E-state index contributed by atoms with van der Waals surface area (Å²) < 4.78 is 1.63. The molecule has 75 valence electrons. The Labute approximate surface area is 109 Å². The molecule has 0 fully saturated rings. The van der Waals surface area contributed by atoms with Gasteiger partial charge < -0.3 is 0 Å². The minimum absolute atomic E-state index is 0. The van der Waals surface area contributed by atoms with Crippen molar-refractivity contribution in [2.45, 2.75) is 27.7 Å². The van der Waals surface area contributed by atoms with Crippen molar-refractivity contribution in [3.05, 3.63) is 21.0 Å². The molecule has 0 aromatic carbocycles. The van der Waals surface area contributed by atoms with Crippen molar-refractivity contribution in [3.63, 3.8) is 0 Å². The van der Waals surface area contributed by atoms with Gasteiger partial charge in [0.1, 0.15) is 0 Å². The fourth-order valence-corrected chi connectivity index (χ4v) is 2.69. The molecule has 13 heavy (non-hydrogen) atoms. The third-order valence-corrected chi connectivity index (χ3v) is 3.89. The molecule has 3 heteroatoms. The van der Waals surface area contributed by atoms with Gasteiger partial charge in [0.2, 0.25) is 0 Å². The zero-order valence-corrected chi connectivity index (χ0v) is 12.6. The van der Waals surface area contributed by atoms with Crippen LogP contribution in [-0.2, 0) is 24.7 Å². The molecule has 1 aliphatic carbocycles. The van der Waals surface area contributed by atoms with E-state index in [1.54, 1.807) is 33.6 Å². The van der Waals surface area contributed by atoms with Gasteiger partial charge >= 0.3 is 84.8 Å². The van der Waals surface area contributed by atoms with Crippen molar-refractivity contribution < 1.29 is 24.7 Å². The summed E-state index contributed by atoms with van der Waals surface area (Å²) >= 11 is 1.58. The summed E-state index contributed by atoms with van der Waals surface area (Å²) in [5, 5.41) is 0. The van der Waals surface area contributed by atoms with Crippen LogP contribution in [0.4, 0.5) is 0 Å². The molecule has 0 saturated carbocycles. The number of allylic oxidation sites excluding steroid dienone is 4. The van der Waals surface area contributed by atoms with Gasteiger partial charge in [-0.05, 0) is 0 Å². The van der Waals surface area contributed by atoms with Crippen molar-refractivity contribution in [1.82, 2.24) is 0 Å². The Bertz CT molecular complexity index is 224. The second-order valence-electron chi connectivity index (χ2n) is 4.23.